The van der Waals surface area contributed by atoms with E-state index in [0.29, 0.717) is 25.7 Å². The zero-order chi connectivity index (χ0) is 43.7. The lowest BCUT2D eigenvalue weighted by molar-refractivity contribution is -0.161. The van der Waals surface area contributed by atoms with E-state index in [1.54, 1.807) is 0 Å². The predicted molar refractivity (Wildman–Crippen MR) is 255 cm³/mol. The van der Waals surface area contributed by atoms with E-state index in [9.17, 15) is 19.2 Å². The molecule has 0 saturated carbocycles. The normalized spacial score (nSPS) is 11.3. The van der Waals surface area contributed by atoms with Crippen molar-refractivity contribution in [2.45, 2.75) is 322 Å². The molecule has 0 bridgehead atoms. The summed E-state index contributed by atoms with van der Waals surface area (Å²) in [4.78, 5) is 48.0. The van der Waals surface area contributed by atoms with Crippen LogP contribution in [-0.4, -0.2) is 23.9 Å². The first-order valence-corrected chi connectivity index (χ1v) is 27.0. The minimum atomic E-state index is -0.342. The molecule has 0 fully saturated rings. The molecule has 0 unspecified atom stereocenters. The van der Waals surface area contributed by atoms with E-state index in [2.05, 4.69) is 13.8 Å². The van der Waals surface area contributed by atoms with Crippen molar-refractivity contribution in [3.05, 3.63) is 0 Å². The Balaban J connectivity index is 3.32. The number of hydrogen-bond donors (Lipinski definition) is 0. The van der Waals surface area contributed by atoms with Gasteiger partial charge in [-0.05, 0) is 25.7 Å². The van der Waals surface area contributed by atoms with Crippen molar-refractivity contribution in [3.63, 3.8) is 0 Å². The summed E-state index contributed by atoms with van der Waals surface area (Å²) in [5, 5.41) is 0. The maximum absolute atomic E-state index is 12.0. The molecule has 0 aliphatic carbocycles. The van der Waals surface area contributed by atoms with Gasteiger partial charge in [0, 0.05) is 25.7 Å². The second-order valence-corrected chi connectivity index (χ2v) is 18.5. The number of rotatable bonds is 49. The molecule has 0 N–H and O–H groups in total. The minimum absolute atomic E-state index is 0.339. The molecule has 0 aromatic carbocycles. The average molecular weight is 847 g/mol. The van der Waals surface area contributed by atoms with Crippen LogP contribution in [0.1, 0.15) is 322 Å². The number of carbonyl (C=O) groups excluding carboxylic acids is 4. The third kappa shape index (κ3) is 48.9. The van der Waals surface area contributed by atoms with Crippen LogP contribution < -0.4 is 0 Å². The molecule has 0 atom stereocenters. The Labute approximate surface area is 373 Å². The van der Waals surface area contributed by atoms with Gasteiger partial charge in [-0.1, -0.05) is 271 Å². The van der Waals surface area contributed by atoms with Crippen LogP contribution in [0.4, 0.5) is 0 Å². The molecule has 0 saturated heterocycles. The van der Waals surface area contributed by atoms with Crippen molar-refractivity contribution < 1.29 is 28.7 Å². The first kappa shape index (κ1) is 58.3. The van der Waals surface area contributed by atoms with Crippen LogP contribution in [0.3, 0.4) is 0 Å². The van der Waals surface area contributed by atoms with Gasteiger partial charge in [-0.3, -0.25) is 19.2 Å². The maximum atomic E-state index is 12.0. The van der Waals surface area contributed by atoms with E-state index < -0.39 is 0 Å². The number of esters is 4. The summed E-state index contributed by atoms with van der Waals surface area (Å²) in [5.74, 6) is -1.36. The second-order valence-electron chi connectivity index (χ2n) is 18.5. The van der Waals surface area contributed by atoms with Crippen LogP contribution in [0.25, 0.3) is 0 Å². The van der Waals surface area contributed by atoms with Crippen LogP contribution in [0, 0.1) is 0 Å². The summed E-state index contributed by atoms with van der Waals surface area (Å²) in [6, 6.07) is 0. The van der Waals surface area contributed by atoms with Crippen LogP contribution >= 0.6 is 0 Å². The minimum Gasteiger partial charge on any atom is -0.393 e. The lowest BCUT2D eigenvalue weighted by Crippen LogP contribution is -2.11. The van der Waals surface area contributed by atoms with Gasteiger partial charge < -0.3 is 9.47 Å². The first-order chi connectivity index (χ1) is 29.5. The predicted octanol–water partition coefficient (Wildman–Crippen LogP) is 17.9. The van der Waals surface area contributed by atoms with Crippen molar-refractivity contribution in [2.24, 2.45) is 0 Å². The molecule has 0 aliphatic heterocycles. The largest absolute Gasteiger partial charge is 0.393 e. The molecule has 0 aromatic rings. The second kappa shape index (κ2) is 49.9. The molecule has 6 heteroatoms. The molecule has 60 heavy (non-hydrogen) atoms. The van der Waals surface area contributed by atoms with Gasteiger partial charge in [0.1, 0.15) is 0 Å². The zero-order valence-electron chi connectivity index (χ0n) is 40.4. The van der Waals surface area contributed by atoms with Gasteiger partial charge in [-0.2, -0.15) is 0 Å². The van der Waals surface area contributed by atoms with E-state index in [1.807, 2.05) is 0 Å². The molecule has 0 spiro atoms. The van der Waals surface area contributed by atoms with Crippen LogP contribution in [0.5, 0.6) is 0 Å². The van der Waals surface area contributed by atoms with Gasteiger partial charge in [0.15, 0.2) is 0 Å². The van der Waals surface area contributed by atoms with Gasteiger partial charge in [-0.15, -0.1) is 0 Å². The number of hydrogen-bond acceptors (Lipinski definition) is 6. The number of carbonyl (C=O) groups is 4. The Morgan fingerprint density at radius 1 is 0.200 bits per heavy atom. The zero-order valence-corrected chi connectivity index (χ0v) is 40.4. The molecule has 0 rings (SSSR count). The van der Waals surface area contributed by atoms with Crippen molar-refractivity contribution >= 4 is 23.9 Å². The van der Waals surface area contributed by atoms with E-state index in [1.165, 1.54) is 218 Å². The fourth-order valence-electron chi connectivity index (χ4n) is 8.40. The summed E-state index contributed by atoms with van der Waals surface area (Å²) < 4.78 is 10.1. The standard InChI is InChI=1S/C54H102O6/c1-3-5-7-9-11-13-15-23-27-31-35-39-43-47-51(55)59-53(57)49-45-41-37-33-29-25-21-19-17-18-20-22-26-30-34-38-42-46-50-54(58)60-52(56)48-44-40-36-32-28-24-16-14-12-10-8-6-4-2/h3-50H2,1-2H3. The van der Waals surface area contributed by atoms with Gasteiger partial charge >= 0.3 is 23.9 Å². The van der Waals surface area contributed by atoms with Crippen molar-refractivity contribution in [3.8, 4) is 0 Å². The van der Waals surface area contributed by atoms with Crippen molar-refractivity contribution in [1.29, 1.82) is 0 Å². The fourth-order valence-corrected chi connectivity index (χ4v) is 8.40. The summed E-state index contributed by atoms with van der Waals surface area (Å²) in [6.45, 7) is 4.53. The molecule has 0 aromatic heterocycles. The lowest BCUT2D eigenvalue weighted by atomic mass is 10.0. The lowest BCUT2D eigenvalue weighted by Gasteiger charge is -2.05. The van der Waals surface area contributed by atoms with Crippen molar-refractivity contribution in [2.75, 3.05) is 0 Å². The van der Waals surface area contributed by atoms with Crippen molar-refractivity contribution in [1.82, 2.24) is 0 Å². The summed E-state index contributed by atoms with van der Waals surface area (Å²) in [6.07, 6.45) is 56.4. The number of ether oxygens (including phenoxy) is 2. The SMILES string of the molecule is CCCCCCCCCCCCCCCC(=O)OC(=O)CCCCCCCCCCCCCCCCCCCCC(=O)OC(=O)CCCCCCCCCCCCCCC. The first-order valence-electron chi connectivity index (χ1n) is 27.0. The smallest absolute Gasteiger partial charge is 0.313 e. The molecule has 354 valence electrons. The molecular weight excluding hydrogens is 745 g/mol. The highest BCUT2D eigenvalue weighted by Crippen LogP contribution is 2.17. The highest BCUT2D eigenvalue weighted by molar-refractivity contribution is 5.85. The highest BCUT2D eigenvalue weighted by atomic mass is 16.6. The Morgan fingerprint density at radius 3 is 0.450 bits per heavy atom. The topological polar surface area (TPSA) is 86.7 Å². The van der Waals surface area contributed by atoms with Gasteiger partial charge in [0.05, 0.1) is 0 Å². The molecule has 0 aliphatic rings. The summed E-state index contributed by atoms with van der Waals surface area (Å²) >= 11 is 0. The quantitative estimate of drug-likeness (QED) is 0.0344. The van der Waals surface area contributed by atoms with E-state index in [4.69, 9.17) is 9.47 Å². The van der Waals surface area contributed by atoms with E-state index >= 15 is 0 Å². The molecule has 0 amide bonds. The van der Waals surface area contributed by atoms with Crippen LogP contribution in [0.15, 0.2) is 0 Å². The monoisotopic (exact) mass is 847 g/mol. The van der Waals surface area contributed by atoms with Gasteiger partial charge in [-0.25, -0.2) is 0 Å². The molecule has 6 nitrogen and oxygen atoms in total. The van der Waals surface area contributed by atoms with E-state index in [-0.39, 0.29) is 23.9 Å². The maximum Gasteiger partial charge on any atom is 0.313 e. The van der Waals surface area contributed by atoms with Gasteiger partial charge in [0.2, 0.25) is 0 Å². The third-order valence-electron chi connectivity index (χ3n) is 12.4. The molecular formula is C54H102O6. The van der Waals surface area contributed by atoms with Gasteiger partial charge in [0.25, 0.3) is 0 Å². The highest BCUT2D eigenvalue weighted by Gasteiger charge is 2.11. The Morgan fingerprint density at radius 2 is 0.317 bits per heavy atom. The number of unbranched alkanes of at least 4 members (excludes halogenated alkanes) is 41. The Hall–Kier alpha value is -1.72. The fraction of sp³-hybridized carbons (Fsp3) is 0.926. The van der Waals surface area contributed by atoms with Crippen LogP contribution in [0.2, 0.25) is 0 Å². The Kier molecular flexibility index (Phi) is 48.5. The molecule has 0 radical (unpaired) electrons. The molecule has 0 heterocycles. The van der Waals surface area contributed by atoms with E-state index in [0.717, 1.165) is 64.2 Å². The average Bonchev–Trinajstić information content (AvgIpc) is 3.23. The van der Waals surface area contributed by atoms with Crippen LogP contribution in [-0.2, 0) is 28.7 Å². The third-order valence-corrected chi connectivity index (χ3v) is 12.4. The Bertz CT molecular complexity index is 857. The summed E-state index contributed by atoms with van der Waals surface area (Å²) in [7, 11) is 0. The summed E-state index contributed by atoms with van der Waals surface area (Å²) in [5.41, 5.74) is 0.